The highest BCUT2D eigenvalue weighted by molar-refractivity contribution is 5.99. The zero-order valence-corrected chi connectivity index (χ0v) is 23.9. The molecule has 5 rings (SSSR count). The minimum Gasteiger partial charge on any atom is -0.426 e. The van der Waals surface area contributed by atoms with Gasteiger partial charge in [-0.25, -0.2) is 9.97 Å². The number of nitrogens with one attached hydrogen (secondary N) is 3. The molecule has 1 fully saturated rings. The quantitative estimate of drug-likeness (QED) is 0.222. The van der Waals surface area contributed by atoms with Crippen molar-refractivity contribution >= 4 is 35.4 Å². The molecule has 1 aliphatic heterocycles. The third-order valence-corrected chi connectivity index (χ3v) is 7.11. The number of piperazine rings is 1. The molecule has 45 heavy (non-hydrogen) atoms. The van der Waals surface area contributed by atoms with Gasteiger partial charge in [0.25, 0.3) is 12.4 Å². The molecule has 0 radical (unpaired) electrons. The molecule has 1 saturated heterocycles. The fourth-order valence-electron chi connectivity index (χ4n) is 5.06. The molecule has 3 aromatic heterocycles. The highest BCUT2D eigenvalue weighted by atomic mass is 19.4. The topological polar surface area (TPSA) is 172 Å². The molecule has 14 nitrogen and oxygen atoms in total. The summed E-state index contributed by atoms with van der Waals surface area (Å²) in [5.41, 5.74) is -0.485. The number of ether oxygens (including phenoxy) is 1. The number of alkyl halides is 3. The number of carbonyl (C=O) groups is 3. The molecular formula is C28H27F3N10O4. The van der Waals surface area contributed by atoms with Crippen molar-refractivity contribution in [1.29, 1.82) is 5.26 Å². The number of nitriles is 1. The van der Waals surface area contributed by atoms with Gasteiger partial charge in [0.05, 0.1) is 35.8 Å². The Morgan fingerprint density at radius 1 is 1.22 bits per heavy atom. The standard InChI is InChI=1S/C28H27F3N10O4/c1-2-17-18(27(44)36-14-22(43)39-10-6-33-7-11-39)3-4-20(23(17)45-16-42)37-25-26-35-13-21(41(26)12-8-34-25)19-15-40(9-5-32)38-24(19)28(29,30)31/h3-4,8,12-13,15-16,33H,2,6-7,9-11,14H2,1H3,(H,34,37)(H,36,44). The summed E-state index contributed by atoms with van der Waals surface area (Å²) in [7, 11) is 0. The van der Waals surface area contributed by atoms with Crippen LogP contribution < -0.4 is 20.7 Å². The van der Waals surface area contributed by atoms with E-state index in [2.05, 4.69) is 31.0 Å². The van der Waals surface area contributed by atoms with E-state index >= 15 is 0 Å². The van der Waals surface area contributed by atoms with Gasteiger partial charge in [-0.15, -0.1) is 0 Å². The molecule has 4 aromatic rings. The monoisotopic (exact) mass is 624 g/mol. The van der Waals surface area contributed by atoms with Crippen LogP contribution in [0.3, 0.4) is 0 Å². The number of fused-ring (bicyclic) bond motifs is 1. The van der Waals surface area contributed by atoms with Crippen LogP contribution in [0, 0.1) is 11.3 Å². The minimum absolute atomic E-state index is 0.0290. The molecule has 0 aliphatic carbocycles. The molecule has 17 heteroatoms. The smallest absolute Gasteiger partial charge is 0.426 e. The third kappa shape index (κ3) is 6.40. The van der Waals surface area contributed by atoms with E-state index in [0.29, 0.717) is 31.7 Å². The van der Waals surface area contributed by atoms with Crippen molar-refractivity contribution in [1.82, 2.24) is 39.7 Å². The Hall–Kier alpha value is -5.50. The lowest BCUT2D eigenvalue weighted by atomic mass is 10.0. The summed E-state index contributed by atoms with van der Waals surface area (Å²) in [4.78, 5) is 47.3. The second-order valence-corrected chi connectivity index (χ2v) is 9.83. The molecule has 0 unspecified atom stereocenters. The number of imidazole rings is 1. The predicted octanol–water partition coefficient (Wildman–Crippen LogP) is 2.14. The van der Waals surface area contributed by atoms with Crippen molar-refractivity contribution in [2.75, 3.05) is 38.0 Å². The Bertz CT molecular complexity index is 1790. The van der Waals surface area contributed by atoms with Crippen molar-refractivity contribution in [3.05, 3.63) is 53.7 Å². The van der Waals surface area contributed by atoms with Crippen molar-refractivity contribution in [3.63, 3.8) is 0 Å². The Morgan fingerprint density at radius 2 is 2.00 bits per heavy atom. The number of anilines is 2. The Kier molecular flexibility index (Phi) is 8.95. The number of carbonyl (C=O) groups excluding carboxylic acids is 3. The molecule has 3 N–H and O–H groups in total. The first-order valence-electron chi connectivity index (χ1n) is 13.8. The fourth-order valence-corrected chi connectivity index (χ4v) is 5.06. The molecule has 234 valence electrons. The number of nitrogens with zero attached hydrogens (tertiary/aromatic N) is 7. The Labute approximate surface area is 253 Å². The van der Waals surface area contributed by atoms with Gasteiger partial charge < -0.3 is 25.6 Å². The molecule has 0 saturated carbocycles. The SMILES string of the molecule is CCc1c(C(=O)NCC(=O)N2CCNCC2)ccc(Nc2nccn3c(-c4cn(CC#N)nc4C(F)(F)F)cnc23)c1OC=O. The zero-order valence-electron chi connectivity index (χ0n) is 23.9. The van der Waals surface area contributed by atoms with Crippen LogP contribution in [0.25, 0.3) is 16.9 Å². The van der Waals surface area contributed by atoms with Crippen LogP contribution in [-0.2, 0) is 28.7 Å². The average Bonchev–Trinajstić information content (AvgIpc) is 3.66. The second-order valence-electron chi connectivity index (χ2n) is 9.83. The van der Waals surface area contributed by atoms with Crippen LogP contribution in [0.1, 0.15) is 28.5 Å². The normalized spacial score (nSPS) is 13.4. The van der Waals surface area contributed by atoms with Crippen molar-refractivity contribution in [2.24, 2.45) is 0 Å². The van der Waals surface area contributed by atoms with E-state index in [9.17, 15) is 27.6 Å². The van der Waals surface area contributed by atoms with Crippen LogP contribution in [0.5, 0.6) is 5.75 Å². The largest absolute Gasteiger partial charge is 0.435 e. The Balaban J connectivity index is 1.45. The first kappa shape index (κ1) is 30.9. The number of halogens is 3. The maximum absolute atomic E-state index is 13.8. The first-order chi connectivity index (χ1) is 21.7. The zero-order chi connectivity index (χ0) is 32.1. The average molecular weight is 625 g/mol. The van der Waals surface area contributed by atoms with Gasteiger partial charge in [-0.3, -0.25) is 23.5 Å². The van der Waals surface area contributed by atoms with Gasteiger partial charge in [0.1, 0.15) is 6.54 Å². The summed E-state index contributed by atoms with van der Waals surface area (Å²) in [6.45, 7) is 3.80. The van der Waals surface area contributed by atoms with Crippen molar-refractivity contribution in [3.8, 4) is 23.1 Å². The number of hydrogen-bond donors (Lipinski definition) is 3. The summed E-state index contributed by atoms with van der Waals surface area (Å²) in [5.74, 6) is -0.614. The van der Waals surface area contributed by atoms with Crippen LogP contribution in [0.15, 0.2) is 36.9 Å². The number of rotatable bonds is 10. The molecule has 2 amide bonds. The van der Waals surface area contributed by atoms with Crippen LogP contribution >= 0.6 is 0 Å². The van der Waals surface area contributed by atoms with Gasteiger partial charge in [-0.05, 0) is 18.6 Å². The first-order valence-corrected chi connectivity index (χ1v) is 13.8. The highest BCUT2D eigenvalue weighted by Gasteiger charge is 2.38. The summed E-state index contributed by atoms with van der Waals surface area (Å²) in [5, 5.41) is 21.3. The van der Waals surface area contributed by atoms with Crippen molar-refractivity contribution in [2.45, 2.75) is 26.1 Å². The lowest BCUT2D eigenvalue weighted by Gasteiger charge is -2.27. The lowest BCUT2D eigenvalue weighted by molar-refractivity contribution is -0.141. The van der Waals surface area contributed by atoms with E-state index in [-0.39, 0.29) is 71.6 Å². The van der Waals surface area contributed by atoms with Gasteiger partial charge in [-0.1, -0.05) is 6.92 Å². The van der Waals surface area contributed by atoms with Crippen LogP contribution in [-0.4, -0.2) is 80.1 Å². The molecule has 0 bridgehead atoms. The molecule has 1 aromatic carbocycles. The van der Waals surface area contributed by atoms with E-state index in [1.165, 1.54) is 35.1 Å². The van der Waals surface area contributed by atoms with E-state index in [0.717, 1.165) is 10.9 Å². The Morgan fingerprint density at radius 3 is 2.69 bits per heavy atom. The van der Waals surface area contributed by atoms with Crippen molar-refractivity contribution < 1.29 is 32.3 Å². The number of amides is 2. The van der Waals surface area contributed by atoms with E-state index in [1.54, 1.807) is 17.9 Å². The lowest BCUT2D eigenvalue weighted by Crippen LogP contribution is -2.49. The molecule has 0 spiro atoms. The van der Waals surface area contributed by atoms with Gasteiger partial charge in [0, 0.05) is 55.9 Å². The maximum atomic E-state index is 13.8. The van der Waals surface area contributed by atoms with Gasteiger partial charge in [-0.2, -0.15) is 23.5 Å². The van der Waals surface area contributed by atoms with Gasteiger partial charge >= 0.3 is 6.18 Å². The molecule has 4 heterocycles. The minimum atomic E-state index is -4.79. The maximum Gasteiger partial charge on any atom is 0.435 e. The van der Waals surface area contributed by atoms with Crippen LogP contribution in [0.4, 0.5) is 24.7 Å². The fraction of sp³-hybridized carbons (Fsp3) is 0.321. The highest BCUT2D eigenvalue weighted by Crippen LogP contribution is 2.38. The predicted molar refractivity (Wildman–Crippen MR) is 152 cm³/mol. The van der Waals surface area contributed by atoms with Crippen LogP contribution in [0.2, 0.25) is 0 Å². The van der Waals surface area contributed by atoms with E-state index in [1.807, 2.05) is 0 Å². The van der Waals surface area contributed by atoms with E-state index < -0.39 is 17.8 Å². The molecular weight excluding hydrogens is 597 g/mol. The summed E-state index contributed by atoms with van der Waals surface area (Å²) < 4.78 is 49.0. The number of benzene rings is 1. The van der Waals surface area contributed by atoms with Gasteiger partial charge in [0.2, 0.25) is 5.91 Å². The summed E-state index contributed by atoms with van der Waals surface area (Å²) >= 11 is 0. The second kappa shape index (κ2) is 13.0. The third-order valence-electron chi connectivity index (χ3n) is 7.11. The number of hydrogen-bond acceptors (Lipinski definition) is 10. The number of aromatic nitrogens is 5. The van der Waals surface area contributed by atoms with Gasteiger partial charge in [0.15, 0.2) is 22.9 Å². The summed E-state index contributed by atoms with van der Waals surface area (Å²) in [6, 6.07) is 4.75. The molecule has 1 aliphatic rings. The van der Waals surface area contributed by atoms with E-state index in [4.69, 9.17) is 10.00 Å². The summed E-state index contributed by atoms with van der Waals surface area (Å²) in [6.07, 6.45) is 0.573. The molecule has 0 atom stereocenters.